The summed E-state index contributed by atoms with van der Waals surface area (Å²) >= 11 is 0. The topological polar surface area (TPSA) is 115 Å². The van der Waals surface area contributed by atoms with E-state index in [1.54, 1.807) is 24.3 Å². The van der Waals surface area contributed by atoms with Crippen LogP contribution >= 0.6 is 0 Å². The Hall–Kier alpha value is -2.59. The van der Waals surface area contributed by atoms with Gasteiger partial charge in [-0.1, -0.05) is 115 Å². The van der Waals surface area contributed by atoms with E-state index in [4.69, 9.17) is 9.47 Å². The zero-order chi connectivity index (χ0) is 30.7. The van der Waals surface area contributed by atoms with Gasteiger partial charge in [0, 0.05) is 25.4 Å². The smallest absolute Gasteiger partial charge is 0.351 e. The van der Waals surface area contributed by atoms with Crippen molar-refractivity contribution in [2.24, 2.45) is 0 Å². The summed E-state index contributed by atoms with van der Waals surface area (Å²) in [6.45, 7) is 3.58. The minimum atomic E-state index is -0.895. The number of methoxy groups -OCH3 is 1. The van der Waals surface area contributed by atoms with Crippen molar-refractivity contribution in [3.63, 3.8) is 0 Å². The molecule has 2 heterocycles. The van der Waals surface area contributed by atoms with E-state index in [1.165, 1.54) is 114 Å². The minimum Gasteiger partial charge on any atom is -0.387 e. The largest absolute Gasteiger partial charge is 0.387 e. The van der Waals surface area contributed by atoms with Gasteiger partial charge < -0.3 is 25.2 Å². The fourth-order valence-electron chi connectivity index (χ4n) is 5.69. The van der Waals surface area contributed by atoms with E-state index in [1.807, 2.05) is 6.07 Å². The number of nitrogens with one attached hydrogen (secondary N) is 2. The number of anilines is 1. The van der Waals surface area contributed by atoms with Gasteiger partial charge in [0.1, 0.15) is 24.1 Å². The SMILES string of the molecule is CCCCCCCCCCCCCCCCCNC[C@H]1O[C@@H](n2ccc(NC(=O)c3ccccc3)nc2=O)[C@H](OC)[C@@H]1O. The number of benzene rings is 1. The second kappa shape index (κ2) is 20.4. The molecule has 1 aliphatic rings. The minimum absolute atomic E-state index is 0.143. The molecule has 1 fully saturated rings. The lowest BCUT2D eigenvalue weighted by molar-refractivity contribution is -0.0534. The molecular formula is C34H54N4O5. The number of hydrogen-bond donors (Lipinski definition) is 3. The first kappa shape index (κ1) is 34.9. The standard InChI is InChI=1S/C34H54N4O5/c1-3-4-5-6-7-8-9-10-11-12-13-14-15-16-20-24-35-26-28-30(39)31(42-2)33(43-28)38-25-23-29(37-34(38)41)36-32(40)27-21-18-17-19-22-27/h17-19,21-23,25,28,30-31,33,35,39H,3-16,20,24,26H2,1-2H3,(H,36,37,40,41)/t28-,30-,31-,33-/m1/s1. The molecule has 0 spiro atoms. The first-order chi connectivity index (χ1) is 21.0. The van der Waals surface area contributed by atoms with E-state index in [9.17, 15) is 14.7 Å². The van der Waals surface area contributed by atoms with Crippen LogP contribution in [0.1, 0.15) is 120 Å². The third kappa shape index (κ3) is 12.1. The summed E-state index contributed by atoms with van der Waals surface area (Å²) in [7, 11) is 1.49. The number of carbonyl (C=O) groups excluding carboxylic acids is 1. The van der Waals surface area contributed by atoms with Gasteiger partial charge in [-0.25, -0.2) is 4.79 Å². The van der Waals surface area contributed by atoms with Gasteiger partial charge in [-0.3, -0.25) is 9.36 Å². The second-order valence-corrected chi connectivity index (χ2v) is 11.7. The molecule has 1 amide bonds. The first-order valence-electron chi connectivity index (χ1n) is 16.6. The Labute approximate surface area is 257 Å². The molecule has 0 radical (unpaired) electrons. The van der Waals surface area contributed by atoms with Gasteiger partial charge in [0.05, 0.1) is 0 Å². The van der Waals surface area contributed by atoms with E-state index in [0.717, 1.165) is 13.0 Å². The highest BCUT2D eigenvalue weighted by atomic mass is 16.6. The summed E-state index contributed by atoms with van der Waals surface area (Å²) in [5, 5.41) is 16.9. The van der Waals surface area contributed by atoms with Gasteiger partial charge >= 0.3 is 5.69 Å². The highest BCUT2D eigenvalue weighted by Gasteiger charge is 2.45. The zero-order valence-electron chi connectivity index (χ0n) is 26.3. The number of ether oxygens (including phenoxy) is 2. The van der Waals surface area contributed by atoms with Crippen LogP contribution in [0.3, 0.4) is 0 Å². The van der Waals surface area contributed by atoms with Crippen LogP contribution in [0.5, 0.6) is 0 Å². The molecule has 0 aliphatic carbocycles. The van der Waals surface area contributed by atoms with Gasteiger partial charge in [0.2, 0.25) is 0 Å². The summed E-state index contributed by atoms with van der Waals surface area (Å²) in [6.07, 6.45) is 18.6. The molecule has 240 valence electrons. The Morgan fingerprint density at radius 2 is 1.49 bits per heavy atom. The molecular weight excluding hydrogens is 544 g/mol. The number of amides is 1. The van der Waals surface area contributed by atoms with Crippen molar-refractivity contribution >= 4 is 11.7 Å². The van der Waals surface area contributed by atoms with Gasteiger partial charge in [0.15, 0.2) is 6.23 Å². The van der Waals surface area contributed by atoms with E-state index in [2.05, 4.69) is 22.5 Å². The first-order valence-corrected chi connectivity index (χ1v) is 16.6. The highest BCUT2D eigenvalue weighted by Crippen LogP contribution is 2.30. The molecule has 2 aromatic rings. The Morgan fingerprint density at radius 3 is 2.05 bits per heavy atom. The number of aliphatic hydroxyl groups is 1. The lowest BCUT2D eigenvalue weighted by atomic mass is 10.0. The van der Waals surface area contributed by atoms with E-state index < -0.39 is 30.2 Å². The zero-order valence-corrected chi connectivity index (χ0v) is 26.3. The average molecular weight is 599 g/mol. The van der Waals surface area contributed by atoms with Crippen molar-refractivity contribution in [3.8, 4) is 0 Å². The lowest BCUT2D eigenvalue weighted by Crippen LogP contribution is -2.39. The van der Waals surface area contributed by atoms with Crippen molar-refractivity contribution in [1.82, 2.24) is 14.9 Å². The lowest BCUT2D eigenvalue weighted by Gasteiger charge is -2.20. The third-order valence-corrected chi connectivity index (χ3v) is 8.27. The Kier molecular flexibility index (Phi) is 16.5. The molecule has 1 aliphatic heterocycles. The molecule has 9 nitrogen and oxygen atoms in total. The number of hydrogen-bond acceptors (Lipinski definition) is 7. The maximum atomic E-state index is 12.8. The fourth-order valence-corrected chi connectivity index (χ4v) is 5.69. The highest BCUT2D eigenvalue weighted by molar-refractivity contribution is 6.03. The van der Waals surface area contributed by atoms with Crippen LogP contribution in [-0.4, -0.2) is 59.1 Å². The van der Waals surface area contributed by atoms with Crippen molar-refractivity contribution < 1.29 is 19.4 Å². The number of aliphatic hydroxyl groups excluding tert-OH is 1. The number of carbonyl (C=O) groups is 1. The second-order valence-electron chi connectivity index (χ2n) is 11.7. The van der Waals surface area contributed by atoms with Gasteiger partial charge in [0.25, 0.3) is 5.91 Å². The number of aromatic nitrogens is 2. The quantitative estimate of drug-likeness (QED) is 0.138. The molecule has 43 heavy (non-hydrogen) atoms. The van der Waals surface area contributed by atoms with Crippen LogP contribution < -0.4 is 16.3 Å². The molecule has 0 saturated carbocycles. The number of nitrogens with zero attached hydrogens (tertiary/aromatic N) is 2. The fraction of sp³-hybridized carbons (Fsp3) is 0.676. The molecule has 0 bridgehead atoms. The maximum absolute atomic E-state index is 12.8. The summed E-state index contributed by atoms with van der Waals surface area (Å²) in [6, 6.07) is 10.2. The Balaban J connectivity index is 1.28. The van der Waals surface area contributed by atoms with Crippen molar-refractivity contribution in [1.29, 1.82) is 0 Å². The van der Waals surface area contributed by atoms with Gasteiger partial charge in [-0.2, -0.15) is 4.98 Å². The molecule has 1 aromatic heterocycles. The molecule has 1 aromatic carbocycles. The molecule has 1 saturated heterocycles. The predicted molar refractivity (Wildman–Crippen MR) is 171 cm³/mol. The van der Waals surface area contributed by atoms with Crippen LogP contribution in [-0.2, 0) is 9.47 Å². The average Bonchev–Trinajstić information content (AvgIpc) is 3.33. The predicted octanol–water partition coefficient (Wildman–Crippen LogP) is 6.23. The monoisotopic (exact) mass is 598 g/mol. The van der Waals surface area contributed by atoms with Gasteiger partial charge in [-0.05, 0) is 31.2 Å². The van der Waals surface area contributed by atoms with Crippen molar-refractivity contribution in [3.05, 3.63) is 58.6 Å². The van der Waals surface area contributed by atoms with Crippen molar-refractivity contribution in [2.45, 2.75) is 128 Å². The van der Waals surface area contributed by atoms with Crippen LogP contribution in [0.15, 0.2) is 47.4 Å². The summed E-state index contributed by atoms with van der Waals surface area (Å²) < 4.78 is 12.9. The summed E-state index contributed by atoms with van der Waals surface area (Å²) in [5.41, 5.74) is -0.133. The molecule has 0 unspecified atom stereocenters. The molecule has 3 rings (SSSR count). The Morgan fingerprint density at radius 1 is 0.907 bits per heavy atom. The summed E-state index contributed by atoms with van der Waals surface area (Å²) in [5.74, 6) is -0.211. The van der Waals surface area contributed by atoms with Crippen LogP contribution in [0.2, 0.25) is 0 Å². The van der Waals surface area contributed by atoms with Crippen LogP contribution in [0.4, 0.5) is 5.82 Å². The third-order valence-electron chi connectivity index (χ3n) is 8.27. The van der Waals surface area contributed by atoms with Crippen molar-refractivity contribution in [2.75, 3.05) is 25.5 Å². The van der Waals surface area contributed by atoms with E-state index in [-0.39, 0.29) is 11.7 Å². The van der Waals surface area contributed by atoms with E-state index >= 15 is 0 Å². The normalized spacial score (nSPS) is 20.0. The number of unbranched alkanes of at least 4 members (excludes halogenated alkanes) is 14. The van der Waals surface area contributed by atoms with Crippen LogP contribution in [0, 0.1) is 0 Å². The number of rotatable bonds is 22. The van der Waals surface area contributed by atoms with E-state index in [0.29, 0.717) is 12.1 Å². The Bertz CT molecular complexity index is 1100. The molecule has 4 atom stereocenters. The molecule has 9 heteroatoms. The molecule has 3 N–H and O–H groups in total. The van der Waals surface area contributed by atoms with Gasteiger partial charge in [-0.15, -0.1) is 0 Å². The van der Waals surface area contributed by atoms with Crippen LogP contribution in [0.25, 0.3) is 0 Å². The maximum Gasteiger partial charge on any atom is 0.351 e. The summed E-state index contributed by atoms with van der Waals surface area (Å²) in [4.78, 5) is 29.2.